The van der Waals surface area contributed by atoms with Crippen molar-refractivity contribution in [1.82, 2.24) is 5.32 Å². The Hall–Kier alpha value is -0.860. The maximum Gasteiger partial charge on any atom is 0.0589 e. The minimum atomic E-state index is 0.316. The quantitative estimate of drug-likeness (QED) is 0.786. The Balaban J connectivity index is 1.99. The molecule has 1 aromatic carbocycles. The van der Waals surface area contributed by atoms with E-state index in [9.17, 15) is 0 Å². The molecule has 1 N–H and O–H groups in total. The fraction of sp³-hybridized carbons (Fsp3) is 0.538. The van der Waals surface area contributed by atoms with Gasteiger partial charge in [0.05, 0.1) is 13.2 Å². The van der Waals surface area contributed by atoms with Gasteiger partial charge in [0.1, 0.15) is 0 Å². The summed E-state index contributed by atoms with van der Waals surface area (Å²) in [6, 6.07) is 8.75. The molecular formula is C13H17NO. The zero-order valence-corrected chi connectivity index (χ0v) is 9.12. The molecule has 0 aliphatic carbocycles. The van der Waals surface area contributed by atoms with Gasteiger partial charge in [-0.1, -0.05) is 24.3 Å². The van der Waals surface area contributed by atoms with E-state index in [0.717, 1.165) is 32.2 Å². The number of hydrogen-bond donors (Lipinski definition) is 1. The smallest absolute Gasteiger partial charge is 0.0589 e. The van der Waals surface area contributed by atoms with Gasteiger partial charge in [-0.2, -0.15) is 0 Å². The van der Waals surface area contributed by atoms with Crippen LogP contribution in [0, 0.1) is 12.8 Å². The van der Waals surface area contributed by atoms with Crippen LogP contribution in [0.3, 0.4) is 0 Å². The average Bonchev–Trinajstić information content (AvgIpc) is 2.09. The van der Waals surface area contributed by atoms with Gasteiger partial charge >= 0.3 is 0 Å². The van der Waals surface area contributed by atoms with Crippen LogP contribution in [0.25, 0.3) is 0 Å². The third-order valence-corrected chi connectivity index (χ3v) is 3.96. The Morgan fingerprint density at radius 2 is 2.00 bits per heavy atom. The Bertz CT molecular complexity index is 367. The molecule has 80 valence electrons. The van der Waals surface area contributed by atoms with Crippen molar-refractivity contribution < 1.29 is 4.74 Å². The highest BCUT2D eigenvalue weighted by molar-refractivity contribution is 5.37. The van der Waals surface area contributed by atoms with Crippen LogP contribution < -0.4 is 5.32 Å². The van der Waals surface area contributed by atoms with Crippen LogP contribution in [0.4, 0.5) is 0 Å². The van der Waals surface area contributed by atoms with E-state index in [1.165, 1.54) is 11.1 Å². The van der Waals surface area contributed by atoms with Crippen molar-refractivity contribution in [3.05, 3.63) is 35.4 Å². The van der Waals surface area contributed by atoms with E-state index in [1.54, 1.807) is 0 Å². The van der Waals surface area contributed by atoms with Crippen molar-refractivity contribution in [2.24, 2.45) is 5.92 Å². The minimum absolute atomic E-state index is 0.316. The summed E-state index contributed by atoms with van der Waals surface area (Å²) in [6.45, 7) is 6.32. The molecule has 15 heavy (non-hydrogen) atoms. The van der Waals surface area contributed by atoms with Gasteiger partial charge in [0.15, 0.2) is 0 Å². The van der Waals surface area contributed by atoms with Gasteiger partial charge in [-0.05, 0) is 24.0 Å². The maximum absolute atomic E-state index is 5.48. The molecule has 2 heterocycles. The molecule has 0 spiro atoms. The van der Waals surface area contributed by atoms with Crippen molar-refractivity contribution in [3.8, 4) is 0 Å². The van der Waals surface area contributed by atoms with Gasteiger partial charge in [-0.15, -0.1) is 0 Å². The molecule has 0 aromatic heterocycles. The number of benzene rings is 1. The summed E-state index contributed by atoms with van der Waals surface area (Å²) >= 11 is 0. The first-order valence-electron chi connectivity index (χ1n) is 5.67. The number of rotatable bonds is 2. The minimum Gasteiger partial charge on any atom is -0.379 e. The molecule has 2 nitrogen and oxygen atoms in total. The highest BCUT2D eigenvalue weighted by Crippen LogP contribution is 2.42. The van der Waals surface area contributed by atoms with Crippen molar-refractivity contribution in [2.75, 3.05) is 26.3 Å². The Kier molecular flexibility index (Phi) is 2.08. The molecule has 0 saturated carbocycles. The van der Waals surface area contributed by atoms with E-state index < -0.39 is 0 Å². The zero-order chi connectivity index (χ0) is 10.3. The molecule has 2 heteroatoms. The van der Waals surface area contributed by atoms with E-state index in [0.29, 0.717) is 5.41 Å². The van der Waals surface area contributed by atoms with Crippen LogP contribution in [0.1, 0.15) is 11.1 Å². The Morgan fingerprint density at radius 1 is 1.27 bits per heavy atom. The van der Waals surface area contributed by atoms with Gasteiger partial charge in [0, 0.05) is 18.5 Å². The van der Waals surface area contributed by atoms with E-state index in [-0.39, 0.29) is 0 Å². The summed E-state index contributed by atoms with van der Waals surface area (Å²) < 4.78 is 5.48. The fourth-order valence-corrected chi connectivity index (χ4v) is 2.74. The van der Waals surface area contributed by atoms with Gasteiger partial charge in [-0.3, -0.25) is 0 Å². The summed E-state index contributed by atoms with van der Waals surface area (Å²) in [5.41, 5.74) is 3.23. The van der Waals surface area contributed by atoms with Crippen molar-refractivity contribution in [3.63, 3.8) is 0 Å². The normalized spacial score (nSPS) is 24.3. The summed E-state index contributed by atoms with van der Waals surface area (Å²) in [6.07, 6.45) is 0. The molecule has 1 aromatic rings. The van der Waals surface area contributed by atoms with E-state index in [4.69, 9.17) is 4.74 Å². The third-order valence-electron chi connectivity index (χ3n) is 3.96. The number of ether oxygens (including phenoxy) is 1. The summed E-state index contributed by atoms with van der Waals surface area (Å²) in [7, 11) is 0. The first-order valence-corrected chi connectivity index (χ1v) is 5.67. The predicted octanol–water partition coefficient (Wildman–Crippen LogP) is 1.48. The molecule has 3 rings (SSSR count). The summed E-state index contributed by atoms with van der Waals surface area (Å²) in [4.78, 5) is 0. The maximum atomic E-state index is 5.48. The topological polar surface area (TPSA) is 21.3 Å². The number of hydrogen-bond acceptors (Lipinski definition) is 2. The molecule has 0 amide bonds. The molecule has 0 radical (unpaired) electrons. The van der Waals surface area contributed by atoms with Crippen LogP contribution in [0.5, 0.6) is 0 Å². The molecule has 2 fully saturated rings. The predicted molar refractivity (Wildman–Crippen MR) is 60.0 cm³/mol. The Labute approximate surface area is 90.6 Å². The second-order valence-electron chi connectivity index (χ2n) is 4.82. The zero-order valence-electron chi connectivity index (χ0n) is 9.12. The van der Waals surface area contributed by atoms with Crippen LogP contribution in [0.15, 0.2) is 24.3 Å². The average molecular weight is 203 g/mol. The van der Waals surface area contributed by atoms with E-state index >= 15 is 0 Å². The van der Waals surface area contributed by atoms with Gasteiger partial charge in [0.25, 0.3) is 0 Å². The highest BCUT2D eigenvalue weighted by Gasteiger charge is 2.49. The van der Waals surface area contributed by atoms with Gasteiger partial charge in [0.2, 0.25) is 0 Å². The molecule has 2 saturated heterocycles. The van der Waals surface area contributed by atoms with Gasteiger partial charge in [-0.25, -0.2) is 0 Å². The Morgan fingerprint density at radius 3 is 2.47 bits per heavy atom. The second kappa shape index (κ2) is 3.32. The molecular weight excluding hydrogens is 186 g/mol. The SMILES string of the molecule is Cc1ccccc1C1(C2CNC2)COC1. The van der Waals surface area contributed by atoms with Gasteiger partial charge < -0.3 is 10.1 Å². The number of aryl methyl sites for hydroxylation is 1. The van der Waals surface area contributed by atoms with E-state index in [1.807, 2.05) is 0 Å². The van der Waals surface area contributed by atoms with Crippen LogP contribution in [0.2, 0.25) is 0 Å². The number of nitrogens with one attached hydrogen (secondary N) is 1. The fourth-order valence-electron chi connectivity index (χ4n) is 2.74. The second-order valence-corrected chi connectivity index (χ2v) is 4.82. The van der Waals surface area contributed by atoms with Crippen LogP contribution >= 0.6 is 0 Å². The van der Waals surface area contributed by atoms with Crippen molar-refractivity contribution >= 4 is 0 Å². The molecule has 0 atom stereocenters. The molecule has 2 aliphatic heterocycles. The van der Waals surface area contributed by atoms with E-state index in [2.05, 4.69) is 36.5 Å². The first kappa shape index (κ1) is 9.37. The van der Waals surface area contributed by atoms with Crippen molar-refractivity contribution in [2.45, 2.75) is 12.3 Å². The van der Waals surface area contributed by atoms with Crippen LogP contribution in [-0.2, 0) is 10.2 Å². The largest absolute Gasteiger partial charge is 0.379 e. The summed E-state index contributed by atoms with van der Waals surface area (Å²) in [5, 5.41) is 3.37. The van der Waals surface area contributed by atoms with Crippen molar-refractivity contribution in [1.29, 1.82) is 0 Å². The summed E-state index contributed by atoms with van der Waals surface area (Å²) in [5.74, 6) is 0.771. The lowest BCUT2D eigenvalue weighted by Crippen LogP contribution is -2.62. The molecule has 0 unspecified atom stereocenters. The lowest BCUT2D eigenvalue weighted by atomic mass is 9.65. The highest BCUT2D eigenvalue weighted by atomic mass is 16.5. The monoisotopic (exact) mass is 203 g/mol. The molecule has 2 aliphatic rings. The lowest BCUT2D eigenvalue weighted by molar-refractivity contribution is -0.101. The first-order chi connectivity index (χ1) is 7.33. The van der Waals surface area contributed by atoms with Crippen LogP contribution in [-0.4, -0.2) is 26.3 Å². The third kappa shape index (κ3) is 1.25. The lowest BCUT2D eigenvalue weighted by Gasteiger charge is -2.52. The molecule has 0 bridgehead atoms. The standard InChI is InChI=1S/C13H17NO/c1-10-4-2-3-5-12(10)13(8-15-9-13)11-6-14-7-11/h2-5,11,14H,6-9H2,1H3.